The molecule has 0 aliphatic heterocycles. The molecule has 27 heavy (non-hydrogen) atoms. The second kappa shape index (κ2) is 8.79. The van der Waals surface area contributed by atoms with Crippen molar-refractivity contribution in [2.75, 3.05) is 13.1 Å². The predicted octanol–water partition coefficient (Wildman–Crippen LogP) is 2.02. The molecule has 0 heterocycles. The largest absolute Gasteiger partial charge is 0.480 e. The van der Waals surface area contributed by atoms with E-state index < -0.39 is 28.4 Å². The van der Waals surface area contributed by atoms with Gasteiger partial charge in [0.05, 0.1) is 4.90 Å². The maximum absolute atomic E-state index is 13.0. The number of rotatable bonds is 8. The van der Waals surface area contributed by atoms with Gasteiger partial charge in [-0.05, 0) is 30.2 Å². The van der Waals surface area contributed by atoms with Crippen molar-refractivity contribution in [2.45, 2.75) is 25.3 Å². The smallest absolute Gasteiger partial charge is 0.323 e. The standard InChI is InChI=1S/C19H22N2O5S/c1-3-20-27(25,26)16-10-9-14(2)17(11-16)19(24)21(13-18(22)23)12-15-7-5-4-6-8-15/h4-11,20H,3,12-13H2,1-2H3,(H,22,23). The average molecular weight is 390 g/mol. The van der Waals surface area contributed by atoms with Crippen molar-refractivity contribution in [3.8, 4) is 0 Å². The lowest BCUT2D eigenvalue weighted by atomic mass is 10.1. The van der Waals surface area contributed by atoms with Crippen LogP contribution in [0.25, 0.3) is 0 Å². The highest BCUT2D eigenvalue weighted by Crippen LogP contribution is 2.19. The van der Waals surface area contributed by atoms with Gasteiger partial charge in [-0.1, -0.05) is 43.3 Å². The van der Waals surface area contributed by atoms with E-state index in [2.05, 4.69) is 4.72 Å². The maximum Gasteiger partial charge on any atom is 0.323 e. The van der Waals surface area contributed by atoms with E-state index in [9.17, 15) is 23.1 Å². The summed E-state index contributed by atoms with van der Waals surface area (Å²) in [5, 5.41) is 9.18. The van der Waals surface area contributed by atoms with Crippen LogP contribution < -0.4 is 4.72 Å². The lowest BCUT2D eigenvalue weighted by molar-refractivity contribution is -0.137. The van der Waals surface area contributed by atoms with E-state index in [0.717, 1.165) is 5.56 Å². The van der Waals surface area contributed by atoms with E-state index in [1.807, 2.05) is 6.07 Å². The van der Waals surface area contributed by atoms with Crippen LogP contribution in [0.1, 0.15) is 28.4 Å². The van der Waals surface area contributed by atoms with Crippen molar-refractivity contribution in [3.05, 3.63) is 65.2 Å². The topological polar surface area (TPSA) is 104 Å². The zero-order chi connectivity index (χ0) is 20.0. The van der Waals surface area contributed by atoms with Crippen LogP contribution in [0.4, 0.5) is 0 Å². The quantitative estimate of drug-likeness (QED) is 0.718. The number of hydrogen-bond acceptors (Lipinski definition) is 4. The van der Waals surface area contributed by atoms with Gasteiger partial charge in [-0.2, -0.15) is 0 Å². The van der Waals surface area contributed by atoms with Crippen LogP contribution >= 0.6 is 0 Å². The van der Waals surface area contributed by atoms with Gasteiger partial charge in [0, 0.05) is 18.7 Å². The molecule has 0 aromatic heterocycles. The third-order valence-corrected chi connectivity index (χ3v) is 5.46. The molecule has 2 aromatic carbocycles. The normalized spacial score (nSPS) is 11.2. The fourth-order valence-electron chi connectivity index (χ4n) is 2.61. The molecule has 0 aliphatic rings. The van der Waals surface area contributed by atoms with Gasteiger partial charge in [0.1, 0.15) is 6.54 Å². The lowest BCUT2D eigenvalue weighted by Crippen LogP contribution is -2.35. The first-order chi connectivity index (χ1) is 12.7. The Hall–Kier alpha value is -2.71. The fraction of sp³-hybridized carbons (Fsp3) is 0.263. The first kappa shape index (κ1) is 20.6. The van der Waals surface area contributed by atoms with Gasteiger partial charge in [-0.15, -0.1) is 0 Å². The molecular formula is C19H22N2O5S. The summed E-state index contributed by atoms with van der Waals surface area (Å²) in [5.74, 6) is -1.68. The molecule has 0 fully saturated rings. The van der Waals surface area contributed by atoms with Crippen LogP contribution in [0, 0.1) is 6.92 Å². The van der Waals surface area contributed by atoms with Crippen LogP contribution in [0.15, 0.2) is 53.4 Å². The molecule has 2 rings (SSSR count). The highest BCUT2D eigenvalue weighted by molar-refractivity contribution is 7.89. The number of aliphatic carboxylic acids is 1. The monoisotopic (exact) mass is 390 g/mol. The third-order valence-electron chi connectivity index (χ3n) is 3.91. The SMILES string of the molecule is CCNS(=O)(=O)c1ccc(C)c(C(=O)N(CC(=O)O)Cc2ccccc2)c1. The minimum absolute atomic E-state index is 0.0340. The Bertz CT molecular complexity index is 926. The Morgan fingerprint density at radius 1 is 1.11 bits per heavy atom. The molecule has 0 radical (unpaired) electrons. The van der Waals surface area contributed by atoms with Crippen LogP contribution in [-0.4, -0.2) is 43.4 Å². The van der Waals surface area contributed by atoms with Crippen molar-refractivity contribution < 1.29 is 23.1 Å². The Morgan fingerprint density at radius 2 is 1.78 bits per heavy atom. The van der Waals surface area contributed by atoms with E-state index in [4.69, 9.17) is 0 Å². The Balaban J connectivity index is 2.40. The summed E-state index contributed by atoms with van der Waals surface area (Å²) in [6.07, 6.45) is 0. The molecular weight excluding hydrogens is 368 g/mol. The molecule has 0 unspecified atom stereocenters. The van der Waals surface area contributed by atoms with Crippen LogP contribution in [0.2, 0.25) is 0 Å². The summed E-state index contributed by atoms with van der Waals surface area (Å²) in [6, 6.07) is 13.3. The van der Waals surface area contributed by atoms with Crippen LogP contribution in [-0.2, 0) is 21.4 Å². The molecule has 0 saturated heterocycles. The van der Waals surface area contributed by atoms with E-state index in [1.165, 1.54) is 17.0 Å². The number of carbonyl (C=O) groups excluding carboxylic acids is 1. The van der Waals surface area contributed by atoms with Crippen molar-refractivity contribution in [3.63, 3.8) is 0 Å². The summed E-state index contributed by atoms with van der Waals surface area (Å²) in [7, 11) is -3.73. The van der Waals surface area contributed by atoms with Crippen molar-refractivity contribution in [1.82, 2.24) is 9.62 Å². The van der Waals surface area contributed by atoms with Gasteiger partial charge < -0.3 is 10.0 Å². The van der Waals surface area contributed by atoms with Gasteiger partial charge in [0.25, 0.3) is 5.91 Å². The molecule has 8 heteroatoms. The molecule has 0 bridgehead atoms. The first-order valence-electron chi connectivity index (χ1n) is 8.40. The summed E-state index contributed by atoms with van der Waals surface area (Å²) in [6.45, 7) is 3.18. The van der Waals surface area contributed by atoms with E-state index >= 15 is 0 Å². The first-order valence-corrected chi connectivity index (χ1v) is 9.88. The number of carboxylic acids is 1. The Labute approximate surface area is 158 Å². The Kier molecular flexibility index (Phi) is 6.70. The zero-order valence-electron chi connectivity index (χ0n) is 15.2. The van der Waals surface area contributed by atoms with Gasteiger partial charge in [0.2, 0.25) is 10.0 Å². The number of sulfonamides is 1. The zero-order valence-corrected chi connectivity index (χ0v) is 16.0. The molecule has 144 valence electrons. The number of carboxylic acid groups (broad SMARTS) is 1. The third kappa shape index (κ3) is 5.38. The number of hydrogen-bond donors (Lipinski definition) is 2. The van der Waals surface area contributed by atoms with Gasteiger partial charge in [-0.3, -0.25) is 9.59 Å². The number of carbonyl (C=O) groups is 2. The molecule has 2 aromatic rings. The molecule has 0 saturated carbocycles. The maximum atomic E-state index is 13.0. The second-order valence-electron chi connectivity index (χ2n) is 6.02. The highest BCUT2D eigenvalue weighted by Gasteiger charge is 2.23. The van der Waals surface area contributed by atoms with Gasteiger partial charge >= 0.3 is 5.97 Å². The fourth-order valence-corrected chi connectivity index (χ4v) is 3.68. The van der Waals surface area contributed by atoms with E-state index in [1.54, 1.807) is 44.2 Å². The van der Waals surface area contributed by atoms with Crippen molar-refractivity contribution in [2.24, 2.45) is 0 Å². The lowest BCUT2D eigenvalue weighted by Gasteiger charge is -2.22. The molecule has 1 amide bonds. The average Bonchev–Trinajstić information content (AvgIpc) is 2.61. The highest BCUT2D eigenvalue weighted by atomic mass is 32.2. The van der Waals surface area contributed by atoms with Crippen LogP contribution in [0.5, 0.6) is 0 Å². The van der Waals surface area contributed by atoms with Crippen LogP contribution in [0.3, 0.4) is 0 Å². The minimum Gasteiger partial charge on any atom is -0.480 e. The number of benzene rings is 2. The van der Waals surface area contributed by atoms with E-state index in [0.29, 0.717) is 5.56 Å². The summed E-state index contributed by atoms with van der Waals surface area (Å²) in [4.78, 5) is 25.4. The molecule has 7 nitrogen and oxygen atoms in total. The second-order valence-corrected chi connectivity index (χ2v) is 7.79. The molecule has 0 aliphatic carbocycles. The summed E-state index contributed by atoms with van der Waals surface area (Å²) >= 11 is 0. The summed E-state index contributed by atoms with van der Waals surface area (Å²) in [5.41, 5.74) is 1.51. The van der Waals surface area contributed by atoms with Gasteiger partial charge in [0.15, 0.2) is 0 Å². The van der Waals surface area contributed by atoms with Crippen molar-refractivity contribution >= 4 is 21.9 Å². The van der Waals surface area contributed by atoms with E-state index in [-0.39, 0.29) is 23.5 Å². The predicted molar refractivity (Wildman–Crippen MR) is 101 cm³/mol. The number of amides is 1. The molecule has 0 spiro atoms. The molecule has 2 N–H and O–H groups in total. The number of nitrogens with zero attached hydrogens (tertiary/aromatic N) is 1. The van der Waals surface area contributed by atoms with Gasteiger partial charge in [-0.25, -0.2) is 13.1 Å². The number of nitrogens with one attached hydrogen (secondary N) is 1. The molecule has 0 atom stereocenters. The summed E-state index contributed by atoms with van der Waals surface area (Å²) < 4.78 is 26.8. The minimum atomic E-state index is -3.73. The Morgan fingerprint density at radius 3 is 2.37 bits per heavy atom. The van der Waals surface area contributed by atoms with Crippen molar-refractivity contribution in [1.29, 1.82) is 0 Å². The number of aryl methyl sites for hydroxylation is 1.